The summed E-state index contributed by atoms with van der Waals surface area (Å²) < 4.78 is 5.94. The van der Waals surface area contributed by atoms with Crippen molar-refractivity contribution in [1.29, 1.82) is 0 Å². The highest BCUT2D eigenvalue weighted by Gasteiger charge is 2.06. The van der Waals surface area contributed by atoms with Crippen LogP contribution in [0.1, 0.15) is 53.4 Å². The Morgan fingerprint density at radius 1 is 1.18 bits per heavy atom. The maximum atomic E-state index is 5.94. The highest BCUT2D eigenvalue weighted by molar-refractivity contribution is 5.24. The second-order valence-corrected chi connectivity index (χ2v) is 4.38. The number of ether oxygens (including phenoxy) is 1. The Labute approximate surface area is 107 Å². The van der Waals surface area contributed by atoms with Gasteiger partial charge in [-0.1, -0.05) is 45.8 Å². The molecule has 0 spiro atoms. The third kappa shape index (κ3) is 7.04. The molecule has 0 heterocycles. The van der Waals surface area contributed by atoms with Crippen LogP contribution in [0.5, 0.6) is 0 Å². The van der Waals surface area contributed by atoms with E-state index >= 15 is 0 Å². The van der Waals surface area contributed by atoms with Crippen LogP contribution in [-0.2, 0) is 4.74 Å². The molecule has 0 amide bonds. The van der Waals surface area contributed by atoms with E-state index in [1.165, 1.54) is 18.4 Å². The summed E-state index contributed by atoms with van der Waals surface area (Å²) in [6.07, 6.45) is 10.5. The molecule has 0 atom stereocenters. The van der Waals surface area contributed by atoms with Gasteiger partial charge in [-0.05, 0) is 37.3 Å². The predicted octanol–water partition coefficient (Wildman–Crippen LogP) is 5.26. The number of allylic oxidation sites excluding steroid dienone is 4. The highest BCUT2D eigenvalue weighted by atomic mass is 16.5. The first-order valence-corrected chi connectivity index (χ1v) is 6.80. The second kappa shape index (κ2) is 10.2. The minimum Gasteiger partial charge on any atom is -0.493 e. The minimum atomic E-state index is 0.669. The Balaban J connectivity index is 4.44. The van der Waals surface area contributed by atoms with E-state index in [2.05, 4.69) is 46.4 Å². The average molecular weight is 236 g/mol. The lowest BCUT2D eigenvalue weighted by atomic mass is 10.1. The van der Waals surface area contributed by atoms with Gasteiger partial charge in [0.15, 0.2) is 0 Å². The van der Waals surface area contributed by atoms with Gasteiger partial charge in [-0.2, -0.15) is 0 Å². The van der Waals surface area contributed by atoms with Crippen LogP contribution in [0.4, 0.5) is 0 Å². The summed E-state index contributed by atoms with van der Waals surface area (Å²) in [6, 6.07) is 0. The van der Waals surface area contributed by atoms with Crippen LogP contribution in [0, 0.1) is 5.92 Å². The highest BCUT2D eigenvalue weighted by Crippen LogP contribution is 2.17. The maximum Gasteiger partial charge on any atom is 0.117 e. The molecule has 0 fully saturated rings. The molecule has 0 aromatic heterocycles. The van der Waals surface area contributed by atoms with Crippen molar-refractivity contribution in [1.82, 2.24) is 0 Å². The normalized spacial score (nSPS) is 13.0. The fourth-order valence-electron chi connectivity index (χ4n) is 1.61. The molecule has 98 valence electrons. The molecule has 1 heteroatoms. The lowest BCUT2D eigenvalue weighted by Crippen LogP contribution is -2.08. The fourth-order valence-corrected chi connectivity index (χ4v) is 1.61. The first-order chi connectivity index (χ1) is 8.19. The Kier molecular flexibility index (Phi) is 9.60. The van der Waals surface area contributed by atoms with Gasteiger partial charge in [0.25, 0.3) is 0 Å². The van der Waals surface area contributed by atoms with Crippen molar-refractivity contribution in [2.75, 3.05) is 6.61 Å². The molecule has 0 bridgehead atoms. The Morgan fingerprint density at radius 2 is 1.82 bits per heavy atom. The van der Waals surface area contributed by atoms with E-state index in [-0.39, 0.29) is 0 Å². The summed E-state index contributed by atoms with van der Waals surface area (Å²) in [6.45, 7) is 13.3. The van der Waals surface area contributed by atoms with E-state index in [1.807, 2.05) is 6.08 Å². The van der Waals surface area contributed by atoms with Gasteiger partial charge in [0.2, 0.25) is 0 Å². The summed E-state index contributed by atoms with van der Waals surface area (Å²) in [4.78, 5) is 0. The first kappa shape index (κ1) is 16.0. The molecular formula is C16H28O. The molecule has 17 heavy (non-hydrogen) atoms. The summed E-state index contributed by atoms with van der Waals surface area (Å²) >= 11 is 0. The van der Waals surface area contributed by atoms with Gasteiger partial charge in [-0.15, -0.1) is 6.58 Å². The lowest BCUT2D eigenvalue weighted by molar-refractivity contribution is 0.165. The zero-order chi connectivity index (χ0) is 13.1. The van der Waals surface area contributed by atoms with E-state index < -0.39 is 0 Å². The van der Waals surface area contributed by atoms with E-state index in [4.69, 9.17) is 4.74 Å². The zero-order valence-corrected chi connectivity index (χ0v) is 12.0. The average Bonchev–Trinajstić information content (AvgIpc) is 2.35. The van der Waals surface area contributed by atoms with Crippen LogP contribution in [0.2, 0.25) is 0 Å². The smallest absolute Gasteiger partial charge is 0.117 e. The molecule has 0 saturated carbocycles. The van der Waals surface area contributed by atoms with E-state index in [1.54, 1.807) is 0 Å². The molecular weight excluding hydrogens is 208 g/mol. The van der Waals surface area contributed by atoms with Gasteiger partial charge in [0, 0.05) is 0 Å². The van der Waals surface area contributed by atoms with Crippen molar-refractivity contribution in [3.8, 4) is 0 Å². The van der Waals surface area contributed by atoms with Crippen molar-refractivity contribution in [3.63, 3.8) is 0 Å². The summed E-state index contributed by atoms with van der Waals surface area (Å²) in [5, 5.41) is 0. The van der Waals surface area contributed by atoms with Crippen molar-refractivity contribution in [2.24, 2.45) is 5.92 Å². The quantitative estimate of drug-likeness (QED) is 0.301. The monoisotopic (exact) mass is 236 g/mol. The van der Waals surface area contributed by atoms with E-state index in [0.29, 0.717) is 5.92 Å². The molecule has 0 radical (unpaired) electrons. The van der Waals surface area contributed by atoms with Crippen LogP contribution in [0.25, 0.3) is 0 Å². The van der Waals surface area contributed by atoms with Crippen LogP contribution in [0.15, 0.2) is 36.1 Å². The molecule has 0 N–H and O–H groups in total. The summed E-state index contributed by atoms with van der Waals surface area (Å²) in [7, 11) is 0. The SMILES string of the molecule is C=CC/C=C(C)/C(=C\CC)OCC(CC)CC. The molecule has 0 aromatic carbocycles. The van der Waals surface area contributed by atoms with Crippen LogP contribution in [-0.4, -0.2) is 6.61 Å². The molecule has 0 aliphatic carbocycles. The van der Waals surface area contributed by atoms with E-state index in [9.17, 15) is 0 Å². The summed E-state index contributed by atoms with van der Waals surface area (Å²) in [5.74, 6) is 1.71. The number of rotatable bonds is 9. The van der Waals surface area contributed by atoms with Gasteiger partial charge < -0.3 is 4.74 Å². The third-order valence-corrected chi connectivity index (χ3v) is 3.00. The van der Waals surface area contributed by atoms with Crippen molar-refractivity contribution in [3.05, 3.63) is 36.1 Å². The molecule has 0 unspecified atom stereocenters. The van der Waals surface area contributed by atoms with Crippen LogP contribution < -0.4 is 0 Å². The van der Waals surface area contributed by atoms with Crippen molar-refractivity contribution in [2.45, 2.75) is 53.4 Å². The summed E-state index contributed by atoms with van der Waals surface area (Å²) in [5.41, 5.74) is 1.22. The maximum absolute atomic E-state index is 5.94. The Hall–Kier alpha value is -0.980. The van der Waals surface area contributed by atoms with Crippen molar-refractivity contribution >= 4 is 0 Å². The standard InChI is InChI=1S/C16H28O/c1-6-10-12-14(5)16(11-7-2)17-13-15(8-3)9-4/h6,11-12,15H,1,7-10,13H2,2-5H3/b14-12+,16-11+. The topological polar surface area (TPSA) is 9.23 Å². The van der Waals surface area contributed by atoms with Gasteiger partial charge in [-0.3, -0.25) is 0 Å². The molecule has 0 aliphatic rings. The number of hydrogen-bond acceptors (Lipinski definition) is 1. The predicted molar refractivity (Wildman–Crippen MR) is 77.0 cm³/mol. The van der Waals surface area contributed by atoms with Crippen LogP contribution in [0.3, 0.4) is 0 Å². The Bertz CT molecular complexity index is 257. The number of hydrogen-bond donors (Lipinski definition) is 0. The molecule has 0 rings (SSSR count). The van der Waals surface area contributed by atoms with Gasteiger partial charge in [0.05, 0.1) is 6.61 Å². The van der Waals surface area contributed by atoms with Crippen molar-refractivity contribution < 1.29 is 4.74 Å². The Morgan fingerprint density at radius 3 is 2.29 bits per heavy atom. The molecule has 1 nitrogen and oxygen atoms in total. The largest absolute Gasteiger partial charge is 0.493 e. The van der Waals surface area contributed by atoms with Gasteiger partial charge in [-0.25, -0.2) is 0 Å². The van der Waals surface area contributed by atoms with Gasteiger partial charge >= 0.3 is 0 Å². The second-order valence-electron chi connectivity index (χ2n) is 4.38. The first-order valence-electron chi connectivity index (χ1n) is 6.80. The van der Waals surface area contributed by atoms with E-state index in [0.717, 1.165) is 25.2 Å². The lowest BCUT2D eigenvalue weighted by Gasteiger charge is -2.16. The zero-order valence-electron chi connectivity index (χ0n) is 12.0. The molecule has 0 aliphatic heterocycles. The fraction of sp³-hybridized carbons (Fsp3) is 0.625. The van der Waals surface area contributed by atoms with Gasteiger partial charge in [0.1, 0.15) is 5.76 Å². The third-order valence-electron chi connectivity index (χ3n) is 3.00. The molecule has 0 saturated heterocycles. The minimum absolute atomic E-state index is 0.669. The van der Waals surface area contributed by atoms with Crippen LogP contribution >= 0.6 is 0 Å². The molecule has 0 aromatic rings.